The fourth-order valence-corrected chi connectivity index (χ4v) is 4.01. The van der Waals surface area contributed by atoms with Crippen LogP contribution in [0, 0.1) is 0 Å². The molecule has 1 unspecified atom stereocenters. The molecule has 0 spiro atoms. The van der Waals surface area contributed by atoms with Crippen molar-refractivity contribution in [3.63, 3.8) is 0 Å². The molecule has 1 aromatic carbocycles. The average Bonchev–Trinajstić information content (AvgIpc) is 2.37. The minimum Gasteiger partial charge on any atom is -0.392 e. The van der Waals surface area contributed by atoms with Gasteiger partial charge in [-0.25, -0.2) is 13.1 Å². The molecular weight excluding hydrogens is 278 g/mol. The van der Waals surface area contributed by atoms with Crippen LogP contribution in [-0.2, 0) is 21.4 Å². The van der Waals surface area contributed by atoms with Gasteiger partial charge in [-0.05, 0) is 38.3 Å². The summed E-state index contributed by atoms with van der Waals surface area (Å²) in [6.45, 7) is 4.16. The second kappa shape index (κ2) is 5.81. The summed E-state index contributed by atoms with van der Waals surface area (Å²) in [5.41, 5.74) is 0.0911. The Balaban J connectivity index is 2.19. The second-order valence-corrected chi connectivity index (χ2v) is 7.37. The summed E-state index contributed by atoms with van der Waals surface area (Å²) < 4.78 is 33.2. The molecule has 0 aliphatic carbocycles. The molecule has 1 aliphatic rings. The van der Waals surface area contributed by atoms with Crippen molar-refractivity contribution in [3.05, 3.63) is 29.8 Å². The van der Waals surface area contributed by atoms with Gasteiger partial charge >= 0.3 is 0 Å². The Morgan fingerprint density at radius 3 is 2.75 bits per heavy atom. The van der Waals surface area contributed by atoms with E-state index in [1.807, 2.05) is 13.8 Å². The van der Waals surface area contributed by atoms with Crippen LogP contribution in [0.3, 0.4) is 0 Å². The van der Waals surface area contributed by atoms with Crippen LogP contribution in [-0.4, -0.2) is 31.8 Å². The van der Waals surface area contributed by atoms with Crippen molar-refractivity contribution in [2.45, 2.75) is 49.8 Å². The van der Waals surface area contributed by atoms with Gasteiger partial charge in [0.1, 0.15) is 0 Å². The maximum absolute atomic E-state index is 12.4. The van der Waals surface area contributed by atoms with Crippen LogP contribution in [0.4, 0.5) is 0 Å². The number of nitrogens with one attached hydrogen (secondary N) is 1. The summed E-state index contributed by atoms with van der Waals surface area (Å²) in [5, 5.41) is 9.26. The van der Waals surface area contributed by atoms with Gasteiger partial charge in [0.2, 0.25) is 10.0 Å². The van der Waals surface area contributed by atoms with Crippen LogP contribution in [0.2, 0.25) is 0 Å². The third-order valence-corrected chi connectivity index (χ3v) is 5.07. The van der Waals surface area contributed by atoms with Gasteiger partial charge in [-0.2, -0.15) is 0 Å². The molecule has 1 heterocycles. The lowest BCUT2D eigenvalue weighted by Gasteiger charge is -2.35. The van der Waals surface area contributed by atoms with Gasteiger partial charge in [0.05, 0.1) is 17.1 Å². The second-order valence-electron chi connectivity index (χ2n) is 5.69. The lowest BCUT2D eigenvalue weighted by Crippen LogP contribution is -2.45. The van der Waals surface area contributed by atoms with Gasteiger partial charge in [-0.3, -0.25) is 0 Å². The summed E-state index contributed by atoms with van der Waals surface area (Å²) in [4.78, 5) is 0.145. The topological polar surface area (TPSA) is 75.6 Å². The molecule has 0 aromatic heterocycles. The number of aliphatic hydroxyl groups excluding tert-OH is 1. The highest BCUT2D eigenvalue weighted by Gasteiger charge is 2.32. The Bertz CT molecular complexity index is 568. The van der Waals surface area contributed by atoms with Crippen LogP contribution in [0.25, 0.3) is 0 Å². The summed E-state index contributed by atoms with van der Waals surface area (Å²) in [5.74, 6) is 0. The summed E-state index contributed by atoms with van der Waals surface area (Å²) in [7, 11) is -3.62. The highest BCUT2D eigenvalue weighted by atomic mass is 32.2. The first kappa shape index (κ1) is 15.4. The molecule has 5 nitrogen and oxygen atoms in total. The van der Waals surface area contributed by atoms with Gasteiger partial charge in [-0.1, -0.05) is 18.2 Å². The molecule has 0 amide bonds. The molecule has 0 saturated carbocycles. The fraction of sp³-hybridized carbons (Fsp3) is 0.571. The largest absolute Gasteiger partial charge is 0.392 e. The quantitative estimate of drug-likeness (QED) is 0.881. The predicted molar refractivity (Wildman–Crippen MR) is 75.7 cm³/mol. The van der Waals surface area contributed by atoms with Crippen LogP contribution in [0.15, 0.2) is 29.2 Å². The van der Waals surface area contributed by atoms with Crippen molar-refractivity contribution < 1.29 is 18.3 Å². The zero-order chi connectivity index (χ0) is 14.8. The fourth-order valence-electron chi connectivity index (χ4n) is 2.51. The van der Waals surface area contributed by atoms with E-state index in [1.54, 1.807) is 18.2 Å². The molecule has 2 N–H and O–H groups in total. The summed E-state index contributed by atoms with van der Waals surface area (Å²) in [6.07, 6.45) is 1.29. The number of aliphatic hydroxyl groups is 1. The average molecular weight is 299 g/mol. The number of hydrogen-bond acceptors (Lipinski definition) is 4. The zero-order valence-corrected chi connectivity index (χ0v) is 12.6. The van der Waals surface area contributed by atoms with Gasteiger partial charge < -0.3 is 9.84 Å². The molecule has 20 heavy (non-hydrogen) atoms. The van der Waals surface area contributed by atoms with Crippen molar-refractivity contribution in [1.29, 1.82) is 0 Å². The van der Waals surface area contributed by atoms with E-state index < -0.39 is 10.0 Å². The van der Waals surface area contributed by atoms with Gasteiger partial charge in [0, 0.05) is 12.6 Å². The van der Waals surface area contributed by atoms with E-state index in [4.69, 9.17) is 4.74 Å². The van der Waals surface area contributed by atoms with E-state index in [1.165, 1.54) is 6.07 Å². The minimum atomic E-state index is -3.62. The lowest BCUT2D eigenvalue weighted by molar-refractivity contribution is -0.0599. The number of sulfonamides is 1. The molecule has 1 fully saturated rings. The molecule has 1 saturated heterocycles. The highest BCUT2D eigenvalue weighted by molar-refractivity contribution is 7.89. The monoisotopic (exact) mass is 299 g/mol. The minimum absolute atomic E-state index is 0.143. The highest BCUT2D eigenvalue weighted by Crippen LogP contribution is 2.25. The Hall–Kier alpha value is -0.950. The first-order valence-electron chi connectivity index (χ1n) is 6.69. The van der Waals surface area contributed by atoms with Crippen LogP contribution in [0.1, 0.15) is 32.3 Å². The molecule has 0 bridgehead atoms. The van der Waals surface area contributed by atoms with Crippen molar-refractivity contribution in [1.82, 2.24) is 4.72 Å². The third-order valence-electron chi connectivity index (χ3n) is 3.45. The first-order valence-corrected chi connectivity index (χ1v) is 8.17. The first-order chi connectivity index (χ1) is 9.34. The Morgan fingerprint density at radius 1 is 1.40 bits per heavy atom. The van der Waals surface area contributed by atoms with E-state index in [2.05, 4.69) is 4.72 Å². The molecule has 1 aromatic rings. The van der Waals surface area contributed by atoms with Crippen molar-refractivity contribution in [2.24, 2.45) is 0 Å². The number of ether oxygens (including phenoxy) is 1. The summed E-state index contributed by atoms with van der Waals surface area (Å²) in [6, 6.07) is 6.35. The molecule has 1 aliphatic heterocycles. The van der Waals surface area contributed by atoms with Crippen LogP contribution in [0.5, 0.6) is 0 Å². The SMILES string of the molecule is CC1(C)CC(NS(=O)(=O)c2ccccc2CO)CCO1. The standard InChI is InChI=1S/C14H21NO4S/c1-14(2)9-12(7-8-19-14)15-20(17,18)13-6-4-3-5-11(13)10-16/h3-6,12,15-16H,7-10H2,1-2H3. The van der Waals surface area contributed by atoms with Crippen LogP contribution < -0.4 is 4.72 Å². The van der Waals surface area contributed by atoms with E-state index in [0.717, 1.165) is 0 Å². The van der Waals surface area contributed by atoms with Gasteiger partial charge in [0.25, 0.3) is 0 Å². The predicted octanol–water partition coefficient (Wildman–Crippen LogP) is 1.41. The molecular formula is C14H21NO4S. The van der Waals surface area contributed by atoms with Crippen LogP contribution >= 0.6 is 0 Å². The molecule has 112 valence electrons. The molecule has 1 atom stereocenters. The Morgan fingerprint density at radius 2 is 2.10 bits per heavy atom. The molecule has 2 rings (SSSR count). The maximum atomic E-state index is 12.4. The number of hydrogen-bond donors (Lipinski definition) is 2. The number of benzene rings is 1. The molecule has 6 heteroatoms. The van der Waals surface area contributed by atoms with E-state index in [9.17, 15) is 13.5 Å². The molecule has 0 radical (unpaired) electrons. The van der Waals surface area contributed by atoms with Crippen molar-refractivity contribution >= 4 is 10.0 Å². The lowest BCUT2D eigenvalue weighted by atomic mass is 9.95. The smallest absolute Gasteiger partial charge is 0.241 e. The maximum Gasteiger partial charge on any atom is 0.241 e. The normalized spacial score (nSPS) is 22.6. The van der Waals surface area contributed by atoms with E-state index in [-0.39, 0.29) is 23.1 Å². The third kappa shape index (κ3) is 3.58. The zero-order valence-electron chi connectivity index (χ0n) is 11.8. The van der Waals surface area contributed by atoms with Gasteiger partial charge in [-0.15, -0.1) is 0 Å². The number of rotatable bonds is 4. The Kier molecular flexibility index (Phi) is 4.49. The van der Waals surface area contributed by atoms with Crippen molar-refractivity contribution in [2.75, 3.05) is 6.61 Å². The summed E-state index contributed by atoms with van der Waals surface area (Å²) >= 11 is 0. The van der Waals surface area contributed by atoms with E-state index in [0.29, 0.717) is 25.0 Å². The van der Waals surface area contributed by atoms with Gasteiger partial charge in [0.15, 0.2) is 0 Å². The van der Waals surface area contributed by atoms with Crippen molar-refractivity contribution in [3.8, 4) is 0 Å². The Labute approximate surface area is 120 Å². The van der Waals surface area contributed by atoms with E-state index >= 15 is 0 Å².